The fourth-order valence-corrected chi connectivity index (χ4v) is 10.1. The number of esters is 2. The van der Waals surface area contributed by atoms with Gasteiger partial charge in [-0.05, 0) is 114 Å². The summed E-state index contributed by atoms with van der Waals surface area (Å²) in [4.78, 5) is 91.5. The first kappa shape index (κ1) is 74.8. The second-order valence-corrected chi connectivity index (χ2v) is 24.6. The van der Waals surface area contributed by atoms with Crippen molar-refractivity contribution in [2.45, 2.75) is 201 Å². The average Bonchev–Trinajstić information content (AvgIpc) is 0.887. The number of amides is 5. The van der Waals surface area contributed by atoms with Crippen LogP contribution in [0.2, 0.25) is 0 Å². The fourth-order valence-electron chi connectivity index (χ4n) is 10.1. The summed E-state index contributed by atoms with van der Waals surface area (Å²) < 4.78 is 55.6. The highest BCUT2D eigenvalue weighted by atomic mass is 19.1. The van der Waals surface area contributed by atoms with Crippen LogP contribution in [-0.2, 0) is 64.1 Å². The quantitative estimate of drug-likeness (QED) is 0.0208. The molecular formula is C68H96F2N6O14. The normalized spacial score (nSPS) is 16.4. The number of ether oxygens (including phenoxy) is 5. The van der Waals surface area contributed by atoms with Crippen LogP contribution in [0.1, 0.15) is 150 Å². The van der Waals surface area contributed by atoms with E-state index in [-0.39, 0.29) is 39.0 Å². The van der Waals surface area contributed by atoms with Crippen molar-refractivity contribution in [3.05, 3.63) is 131 Å². The van der Waals surface area contributed by atoms with Crippen LogP contribution in [0.4, 0.5) is 18.4 Å². The van der Waals surface area contributed by atoms with Crippen LogP contribution in [0.25, 0.3) is 0 Å². The van der Waals surface area contributed by atoms with Crippen molar-refractivity contribution in [3.8, 4) is 11.5 Å². The van der Waals surface area contributed by atoms with Gasteiger partial charge in [0.25, 0.3) is 0 Å². The van der Waals surface area contributed by atoms with E-state index in [0.29, 0.717) is 48.9 Å². The molecule has 0 aromatic heterocycles. The van der Waals surface area contributed by atoms with Crippen molar-refractivity contribution in [2.24, 2.45) is 5.73 Å². The maximum atomic E-state index is 14.6. The number of benzene rings is 4. The minimum atomic E-state index is -1.52. The van der Waals surface area contributed by atoms with Crippen molar-refractivity contribution in [1.29, 1.82) is 0 Å². The molecule has 22 heteroatoms. The molecule has 0 saturated carbocycles. The highest BCUT2D eigenvalue weighted by molar-refractivity contribution is 5.89. The number of nitrogens with zero attached hydrogens (tertiary/aromatic N) is 4. The first-order valence-corrected chi connectivity index (χ1v) is 31.1. The van der Waals surface area contributed by atoms with Gasteiger partial charge in [-0.3, -0.25) is 33.8 Å². The van der Waals surface area contributed by atoms with Gasteiger partial charge in [-0.25, -0.2) is 18.4 Å². The van der Waals surface area contributed by atoms with E-state index in [1.165, 1.54) is 54.8 Å². The Morgan fingerprint density at radius 1 is 0.567 bits per heavy atom. The Morgan fingerprint density at radius 3 is 1.33 bits per heavy atom. The van der Waals surface area contributed by atoms with Gasteiger partial charge in [-0.15, -0.1) is 0 Å². The number of aliphatic hydroxyl groups is 2. The van der Waals surface area contributed by atoms with Crippen LogP contribution in [-0.4, -0.2) is 159 Å². The molecule has 2 aliphatic rings. The first-order valence-electron chi connectivity index (χ1n) is 31.1. The standard InChI is InChI=1S/C33H46FN3O6.C31H44FN3O5.C4H6O3/c1-6-7-8-12-17-42-27-19-25(18-26(34)21-27)20-28(35-23(2)38)30(39)29-31(40)36(22-24-13-10-9-11-14-24)15-16-37(29)32(41)43-33(3,4)5;1-5-6-7-11-16-39-25-18-23(17-24(32)20-25)19-26(33)28(36)27-29(37)34(21-22-12-9-8-10-13-22)14-15-35(27)30(38)40-31(2,3)4;1-3(5)7-4(2)6/h9-11,13-14,18-19,21,28-30,39H,6-8,12,15-17,20,22H2,1-5H3,(H,35,38);8-10,12-13,17-18,20,26-28,36H,5-7,11,14-16,19,21,33H2,1-4H3;1-2H3/t28-,29-,30-;26-,27-,28-;/m00./s1. The monoisotopic (exact) mass is 1260 g/mol. The van der Waals surface area contributed by atoms with E-state index >= 15 is 0 Å². The molecule has 0 aliphatic carbocycles. The lowest BCUT2D eigenvalue weighted by Gasteiger charge is -2.44. The van der Waals surface area contributed by atoms with Crippen LogP contribution in [0.3, 0.4) is 0 Å². The molecule has 2 aliphatic heterocycles. The van der Waals surface area contributed by atoms with Crippen LogP contribution in [0.5, 0.6) is 11.5 Å². The molecule has 2 heterocycles. The van der Waals surface area contributed by atoms with E-state index in [1.807, 2.05) is 60.7 Å². The Labute approximate surface area is 529 Å². The Morgan fingerprint density at radius 2 is 0.967 bits per heavy atom. The summed E-state index contributed by atoms with van der Waals surface area (Å²) in [5.74, 6) is -2.71. The number of unbranched alkanes of at least 4 members (excludes halogenated alkanes) is 6. The number of aliphatic hydroxyl groups excluding tert-OH is 2. The molecule has 5 N–H and O–H groups in total. The number of nitrogens with one attached hydrogen (secondary N) is 1. The first-order chi connectivity index (χ1) is 42.5. The maximum absolute atomic E-state index is 14.6. The van der Waals surface area contributed by atoms with Gasteiger partial charge in [-0.2, -0.15) is 0 Å². The van der Waals surface area contributed by atoms with Gasteiger partial charge in [0.1, 0.15) is 52.5 Å². The summed E-state index contributed by atoms with van der Waals surface area (Å²) in [5.41, 5.74) is 7.63. The van der Waals surface area contributed by atoms with Gasteiger partial charge in [0, 0.05) is 78.2 Å². The molecule has 6 rings (SSSR count). The zero-order valence-electron chi connectivity index (χ0n) is 54.3. The smallest absolute Gasteiger partial charge is 0.411 e. The number of piperazine rings is 2. The molecule has 4 aromatic carbocycles. The van der Waals surface area contributed by atoms with Gasteiger partial charge in [0.05, 0.1) is 25.4 Å². The molecule has 2 saturated heterocycles. The van der Waals surface area contributed by atoms with Crippen LogP contribution >= 0.6 is 0 Å². The van der Waals surface area contributed by atoms with Gasteiger partial charge in [0.2, 0.25) is 17.7 Å². The number of rotatable bonds is 25. The molecular weight excluding hydrogens is 1160 g/mol. The minimum absolute atomic E-state index is 0.00464. The van der Waals surface area contributed by atoms with Gasteiger partial charge in [-0.1, -0.05) is 113 Å². The van der Waals surface area contributed by atoms with E-state index in [2.05, 4.69) is 23.9 Å². The Kier molecular flexibility index (Phi) is 30.6. The topological polar surface area (TPSA) is 257 Å². The Bertz CT molecular complexity index is 2910. The molecule has 5 amide bonds. The van der Waals surface area contributed by atoms with E-state index in [4.69, 9.17) is 24.7 Å². The average molecular weight is 1260 g/mol. The van der Waals surface area contributed by atoms with Crippen molar-refractivity contribution in [3.63, 3.8) is 0 Å². The Balaban J connectivity index is 0.000000348. The van der Waals surface area contributed by atoms with Crippen LogP contribution in [0, 0.1) is 11.6 Å². The van der Waals surface area contributed by atoms with Crippen molar-refractivity contribution in [1.82, 2.24) is 24.9 Å². The lowest BCUT2D eigenvalue weighted by molar-refractivity contribution is -0.156. The second kappa shape index (κ2) is 36.8. The van der Waals surface area contributed by atoms with Gasteiger partial charge in [0.15, 0.2) is 0 Å². The number of nitrogens with two attached hydrogens (primary N) is 1. The number of hydrogen-bond acceptors (Lipinski definition) is 15. The fraction of sp³-hybridized carbons (Fsp3) is 0.544. The number of carbonyl (C=O) groups excluding carboxylic acids is 7. The zero-order chi connectivity index (χ0) is 66.7. The minimum Gasteiger partial charge on any atom is -0.493 e. The predicted octanol–water partition coefficient (Wildman–Crippen LogP) is 9.60. The predicted molar refractivity (Wildman–Crippen MR) is 337 cm³/mol. The molecule has 0 radical (unpaired) electrons. The van der Waals surface area contributed by atoms with E-state index in [0.717, 1.165) is 62.5 Å². The van der Waals surface area contributed by atoms with E-state index < -0.39 is 101 Å². The maximum Gasteiger partial charge on any atom is 0.411 e. The van der Waals surface area contributed by atoms with Crippen LogP contribution < -0.4 is 20.5 Å². The van der Waals surface area contributed by atoms with Crippen molar-refractivity contribution >= 4 is 41.8 Å². The number of halogens is 2. The van der Waals surface area contributed by atoms with E-state index in [9.17, 15) is 52.6 Å². The molecule has 6 atom stereocenters. The molecule has 20 nitrogen and oxygen atoms in total. The zero-order valence-corrected chi connectivity index (χ0v) is 54.3. The highest BCUT2D eigenvalue weighted by Gasteiger charge is 2.47. The van der Waals surface area contributed by atoms with Gasteiger partial charge < -0.3 is 54.7 Å². The summed E-state index contributed by atoms with van der Waals surface area (Å²) in [5, 5.41) is 25.9. The van der Waals surface area contributed by atoms with Crippen molar-refractivity contribution < 1.29 is 76.2 Å². The Hall–Kier alpha value is -7.69. The largest absolute Gasteiger partial charge is 0.493 e. The summed E-state index contributed by atoms with van der Waals surface area (Å²) in [7, 11) is 0. The summed E-state index contributed by atoms with van der Waals surface area (Å²) in [6, 6.07) is 23.0. The van der Waals surface area contributed by atoms with Crippen molar-refractivity contribution in [2.75, 3.05) is 39.4 Å². The molecule has 0 spiro atoms. The summed E-state index contributed by atoms with van der Waals surface area (Å²) in [6.45, 7) is 20.7. The molecule has 496 valence electrons. The van der Waals surface area contributed by atoms with Gasteiger partial charge >= 0.3 is 24.1 Å². The third kappa shape index (κ3) is 26.4. The number of carbonyl (C=O) groups is 7. The van der Waals surface area contributed by atoms with Crippen LogP contribution in [0.15, 0.2) is 97.1 Å². The SMILES string of the molecule is CC(=O)OC(C)=O.CCCCCCOc1cc(F)cc(C[C@H](N)[C@H](O)[C@H]2C(=O)N(Cc3ccccc3)CCN2C(=O)OC(C)(C)C)c1.CCCCCCOc1cc(F)cc(C[C@H](NC(C)=O)[C@H](O)[C@H]2C(=O)N(Cc3ccccc3)CCN2C(=O)OC(C)(C)C)c1. The molecule has 90 heavy (non-hydrogen) atoms. The number of hydrogen-bond donors (Lipinski definition) is 4. The molecule has 2 fully saturated rings. The summed E-state index contributed by atoms with van der Waals surface area (Å²) >= 11 is 0. The lowest BCUT2D eigenvalue weighted by Crippen LogP contribution is -2.66. The second-order valence-electron chi connectivity index (χ2n) is 24.6. The third-order valence-corrected chi connectivity index (χ3v) is 14.2. The molecule has 0 bridgehead atoms. The molecule has 4 aromatic rings. The van der Waals surface area contributed by atoms with E-state index in [1.54, 1.807) is 63.5 Å². The third-order valence-electron chi connectivity index (χ3n) is 14.2. The molecule has 0 unspecified atom stereocenters. The summed E-state index contributed by atoms with van der Waals surface area (Å²) in [6.07, 6.45) is 3.90. The highest BCUT2D eigenvalue weighted by Crippen LogP contribution is 2.28. The lowest BCUT2D eigenvalue weighted by atomic mass is 9.93.